The third-order valence-corrected chi connectivity index (χ3v) is 4.06. The highest BCUT2D eigenvalue weighted by molar-refractivity contribution is 6.22. The summed E-state index contributed by atoms with van der Waals surface area (Å²) in [5.74, 6) is -1.04. The van der Waals surface area contributed by atoms with Crippen molar-refractivity contribution in [1.29, 1.82) is 0 Å². The molecule has 3 amide bonds. The third kappa shape index (κ3) is 4.65. The molecule has 1 aromatic carbocycles. The molecule has 5 heteroatoms. The van der Waals surface area contributed by atoms with E-state index in [0.29, 0.717) is 17.7 Å². The van der Waals surface area contributed by atoms with E-state index in [2.05, 4.69) is 17.6 Å². The van der Waals surface area contributed by atoms with E-state index in [4.69, 9.17) is 0 Å². The van der Waals surface area contributed by atoms with E-state index in [9.17, 15) is 14.4 Å². The number of hydrogen-bond acceptors (Lipinski definition) is 3. The summed E-state index contributed by atoms with van der Waals surface area (Å²) in [4.78, 5) is 35.1. The molecule has 1 aliphatic heterocycles. The topological polar surface area (TPSA) is 75.3 Å². The smallest absolute Gasteiger partial charge is 0.258 e. The fraction of sp³-hybridized carbons (Fsp3) is 0.500. The maximum absolute atomic E-state index is 12.1. The molecule has 5 nitrogen and oxygen atoms in total. The fourth-order valence-electron chi connectivity index (χ4n) is 2.70. The second-order valence-corrected chi connectivity index (χ2v) is 5.92. The minimum atomic E-state index is -0.438. The van der Waals surface area contributed by atoms with Gasteiger partial charge in [-0.05, 0) is 24.6 Å². The molecule has 0 saturated heterocycles. The van der Waals surface area contributed by atoms with Gasteiger partial charge < -0.3 is 5.32 Å². The molecule has 1 aliphatic rings. The largest absolute Gasteiger partial charge is 0.352 e. The number of unbranched alkanes of at least 4 members (excludes halogenated alkanes) is 6. The van der Waals surface area contributed by atoms with E-state index in [0.717, 1.165) is 12.8 Å². The van der Waals surface area contributed by atoms with Gasteiger partial charge in [0.05, 0.1) is 11.1 Å². The summed E-state index contributed by atoms with van der Waals surface area (Å²) in [6.45, 7) is 2.84. The van der Waals surface area contributed by atoms with Gasteiger partial charge in [-0.2, -0.15) is 0 Å². The van der Waals surface area contributed by atoms with Crippen molar-refractivity contribution in [3.63, 3.8) is 0 Å². The number of imide groups is 1. The SMILES string of the molecule is CCCCCCCCCNC(=O)c1ccc2c(c1)C(=O)NC2=O. The molecule has 23 heavy (non-hydrogen) atoms. The van der Waals surface area contributed by atoms with Crippen LogP contribution in [0.4, 0.5) is 0 Å². The highest BCUT2D eigenvalue weighted by atomic mass is 16.2. The molecule has 2 N–H and O–H groups in total. The maximum Gasteiger partial charge on any atom is 0.258 e. The molecule has 0 bridgehead atoms. The average Bonchev–Trinajstić information content (AvgIpc) is 2.84. The summed E-state index contributed by atoms with van der Waals surface area (Å²) in [7, 11) is 0. The van der Waals surface area contributed by atoms with Crippen LogP contribution in [0.1, 0.15) is 82.9 Å². The zero-order valence-corrected chi connectivity index (χ0v) is 13.6. The van der Waals surface area contributed by atoms with Crippen molar-refractivity contribution in [3.05, 3.63) is 34.9 Å². The Balaban J connectivity index is 1.73. The van der Waals surface area contributed by atoms with E-state index < -0.39 is 11.8 Å². The molecule has 0 atom stereocenters. The minimum Gasteiger partial charge on any atom is -0.352 e. The van der Waals surface area contributed by atoms with Crippen molar-refractivity contribution in [3.8, 4) is 0 Å². The molecular formula is C18H24N2O3. The zero-order chi connectivity index (χ0) is 16.7. The molecule has 0 unspecified atom stereocenters. The second kappa shape index (κ2) is 8.46. The van der Waals surface area contributed by atoms with Crippen LogP contribution in [0.5, 0.6) is 0 Å². The lowest BCUT2D eigenvalue weighted by Gasteiger charge is -2.06. The van der Waals surface area contributed by atoms with Gasteiger partial charge in [-0.1, -0.05) is 45.4 Å². The first-order valence-electron chi connectivity index (χ1n) is 8.41. The molecule has 0 spiro atoms. The molecule has 0 fully saturated rings. The van der Waals surface area contributed by atoms with Crippen molar-refractivity contribution >= 4 is 17.7 Å². The Bertz CT molecular complexity index is 596. The van der Waals surface area contributed by atoms with Gasteiger partial charge in [0.1, 0.15) is 0 Å². The number of rotatable bonds is 9. The van der Waals surface area contributed by atoms with Gasteiger partial charge in [0.25, 0.3) is 17.7 Å². The summed E-state index contributed by atoms with van der Waals surface area (Å²) in [5.41, 5.74) is 1.02. The number of carbonyl (C=O) groups excluding carboxylic acids is 3. The lowest BCUT2D eigenvalue weighted by atomic mass is 10.1. The van der Waals surface area contributed by atoms with Gasteiger partial charge in [-0.25, -0.2) is 0 Å². The number of benzene rings is 1. The fourth-order valence-corrected chi connectivity index (χ4v) is 2.70. The number of fused-ring (bicyclic) bond motifs is 1. The standard InChI is InChI=1S/C18H24N2O3/c1-2-3-4-5-6-7-8-11-19-16(21)13-9-10-14-15(12-13)18(23)20-17(14)22/h9-10,12H,2-8,11H2,1H3,(H,19,21)(H,20,22,23). The monoisotopic (exact) mass is 316 g/mol. The van der Waals surface area contributed by atoms with E-state index in [1.165, 1.54) is 44.2 Å². The molecule has 1 heterocycles. The highest BCUT2D eigenvalue weighted by Crippen LogP contribution is 2.17. The molecule has 2 rings (SSSR count). The van der Waals surface area contributed by atoms with Crippen molar-refractivity contribution in [1.82, 2.24) is 10.6 Å². The Hall–Kier alpha value is -2.17. The van der Waals surface area contributed by atoms with Crippen LogP contribution < -0.4 is 10.6 Å². The van der Waals surface area contributed by atoms with E-state index in [-0.39, 0.29) is 11.5 Å². The van der Waals surface area contributed by atoms with Gasteiger partial charge in [-0.15, -0.1) is 0 Å². The number of nitrogens with one attached hydrogen (secondary N) is 2. The average molecular weight is 316 g/mol. The first-order chi connectivity index (χ1) is 11.1. The van der Waals surface area contributed by atoms with E-state index in [1.807, 2.05) is 0 Å². The summed E-state index contributed by atoms with van der Waals surface area (Å²) >= 11 is 0. The van der Waals surface area contributed by atoms with Gasteiger partial charge in [-0.3, -0.25) is 19.7 Å². The van der Waals surface area contributed by atoms with Gasteiger partial charge in [0.2, 0.25) is 0 Å². The number of amides is 3. The first kappa shape index (κ1) is 17.2. The molecular weight excluding hydrogens is 292 g/mol. The van der Waals surface area contributed by atoms with Crippen molar-refractivity contribution in [2.75, 3.05) is 6.54 Å². The Morgan fingerprint density at radius 2 is 1.61 bits per heavy atom. The van der Waals surface area contributed by atoms with Crippen LogP contribution in [0, 0.1) is 0 Å². The molecule has 0 saturated carbocycles. The van der Waals surface area contributed by atoms with Crippen LogP contribution in [0.2, 0.25) is 0 Å². The van der Waals surface area contributed by atoms with E-state index >= 15 is 0 Å². The van der Waals surface area contributed by atoms with Crippen LogP contribution >= 0.6 is 0 Å². The summed E-state index contributed by atoms with van der Waals surface area (Å²) in [6, 6.07) is 4.59. The Morgan fingerprint density at radius 3 is 2.35 bits per heavy atom. The van der Waals surface area contributed by atoms with Crippen molar-refractivity contribution < 1.29 is 14.4 Å². The number of carbonyl (C=O) groups is 3. The first-order valence-corrected chi connectivity index (χ1v) is 8.41. The number of hydrogen-bond donors (Lipinski definition) is 2. The highest BCUT2D eigenvalue weighted by Gasteiger charge is 2.27. The molecule has 0 aromatic heterocycles. The predicted molar refractivity (Wildman–Crippen MR) is 88.6 cm³/mol. The Labute approximate surface area is 136 Å². The van der Waals surface area contributed by atoms with Crippen LogP contribution in [0.3, 0.4) is 0 Å². The summed E-state index contributed by atoms with van der Waals surface area (Å²) < 4.78 is 0. The normalized spacial score (nSPS) is 12.9. The zero-order valence-electron chi connectivity index (χ0n) is 13.6. The summed E-state index contributed by atoms with van der Waals surface area (Å²) in [6.07, 6.45) is 8.38. The van der Waals surface area contributed by atoms with Gasteiger partial charge in [0, 0.05) is 12.1 Å². The lowest BCUT2D eigenvalue weighted by molar-refractivity contribution is 0.0878. The second-order valence-electron chi connectivity index (χ2n) is 5.92. The minimum absolute atomic E-state index is 0.203. The van der Waals surface area contributed by atoms with Crippen LogP contribution in [-0.2, 0) is 0 Å². The van der Waals surface area contributed by atoms with E-state index in [1.54, 1.807) is 6.07 Å². The summed E-state index contributed by atoms with van der Waals surface area (Å²) in [5, 5.41) is 5.08. The molecule has 1 aromatic rings. The quantitative estimate of drug-likeness (QED) is 0.543. The Kier molecular flexibility index (Phi) is 6.32. The lowest BCUT2D eigenvalue weighted by Crippen LogP contribution is -2.24. The molecule has 0 radical (unpaired) electrons. The molecule has 0 aliphatic carbocycles. The third-order valence-electron chi connectivity index (χ3n) is 4.06. The maximum atomic E-state index is 12.1. The van der Waals surface area contributed by atoms with Crippen molar-refractivity contribution in [2.24, 2.45) is 0 Å². The Morgan fingerprint density at radius 1 is 0.957 bits per heavy atom. The van der Waals surface area contributed by atoms with Crippen LogP contribution in [-0.4, -0.2) is 24.3 Å². The van der Waals surface area contributed by atoms with Gasteiger partial charge in [0.15, 0.2) is 0 Å². The predicted octanol–water partition coefficient (Wildman–Crippen LogP) is 3.05. The van der Waals surface area contributed by atoms with Crippen LogP contribution in [0.15, 0.2) is 18.2 Å². The molecule has 124 valence electrons. The van der Waals surface area contributed by atoms with Crippen LogP contribution in [0.25, 0.3) is 0 Å². The van der Waals surface area contributed by atoms with Crippen molar-refractivity contribution in [2.45, 2.75) is 51.9 Å². The van der Waals surface area contributed by atoms with Gasteiger partial charge >= 0.3 is 0 Å².